The molecule has 0 unspecified atom stereocenters. The lowest BCUT2D eigenvalue weighted by atomic mass is 10.2. The lowest BCUT2D eigenvalue weighted by molar-refractivity contribution is 0.306. The normalized spacial score (nSPS) is 10.8. The van der Waals surface area contributed by atoms with Crippen molar-refractivity contribution in [2.45, 2.75) is 39.0 Å². The minimum atomic E-state index is -0.532. The number of benzene rings is 1. The van der Waals surface area contributed by atoms with E-state index in [0.29, 0.717) is 0 Å². The zero-order valence-corrected chi connectivity index (χ0v) is 10.1. The Kier molecular flexibility index (Phi) is 5.57. The highest BCUT2D eigenvalue weighted by Gasteiger charge is 2.08. The van der Waals surface area contributed by atoms with Crippen LogP contribution in [0.2, 0.25) is 12.1 Å². The van der Waals surface area contributed by atoms with Crippen LogP contribution in [0.5, 0.6) is 0 Å². The van der Waals surface area contributed by atoms with Gasteiger partial charge in [-0.3, -0.25) is 0 Å². The first-order chi connectivity index (χ1) is 6.86. The van der Waals surface area contributed by atoms with Gasteiger partial charge in [0.1, 0.15) is 0 Å². The second-order valence-corrected chi connectivity index (χ2v) is 5.99. The van der Waals surface area contributed by atoms with E-state index in [0.717, 1.165) is 6.61 Å². The van der Waals surface area contributed by atoms with Crippen molar-refractivity contribution in [2.75, 3.05) is 0 Å². The molecule has 0 saturated heterocycles. The van der Waals surface area contributed by atoms with E-state index in [2.05, 4.69) is 38.1 Å². The van der Waals surface area contributed by atoms with Gasteiger partial charge in [-0.2, -0.15) is 0 Å². The Morgan fingerprint density at radius 2 is 1.86 bits per heavy atom. The molecule has 0 saturated carbocycles. The van der Waals surface area contributed by atoms with Crippen LogP contribution < -0.4 is 0 Å². The average molecular weight is 207 g/mol. The molecule has 0 amide bonds. The van der Waals surface area contributed by atoms with Crippen molar-refractivity contribution in [1.82, 2.24) is 0 Å². The maximum atomic E-state index is 5.92. The van der Waals surface area contributed by atoms with E-state index in [-0.39, 0.29) is 0 Å². The Morgan fingerprint density at radius 1 is 1.14 bits per heavy atom. The SMILES string of the molecule is CCC[Si](CC)OCc1ccccc1. The molecule has 1 rings (SSSR count). The molecule has 2 heteroatoms. The summed E-state index contributed by atoms with van der Waals surface area (Å²) < 4.78 is 5.92. The first kappa shape index (κ1) is 11.5. The molecule has 1 radical (unpaired) electrons. The molecule has 0 N–H and O–H groups in total. The first-order valence-corrected chi connectivity index (χ1v) is 7.20. The number of rotatable bonds is 6. The van der Waals surface area contributed by atoms with Crippen molar-refractivity contribution >= 4 is 9.04 Å². The summed E-state index contributed by atoms with van der Waals surface area (Å²) in [6.45, 7) is 5.25. The van der Waals surface area contributed by atoms with Crippen LogP contribution in [0, 0.1) is 0 Å². The van der Waals surface area contributed by atoms with E-state index in [1.807, 2.05) is 6.07 Å². The van der Waals surface area contributed by atoms with E-state index < -0.39 is 9.04 Å². The maximum absolute atomic E-state index is 5.92. The molecule has 0 spiro atoms. The van der Waals surface area contributed by atoms with Gasteiger partial charge in [0.05, 0.1) is 6.61 Å². The fourth-order valence-electron chi connectivity index (χ4n) is 1.39. The Balaban J connectivity index is 2.32. The highest BCUT2D eigenvalue weighted by molar-refractivity contribution is 6.51. The van der Waals surface area contributed by atoms with Crippen LogP contribution in [0.15, 0.2) is 30.3 Å². The molecule has 77 valence electrons. The Labute approximate surface area is 88.8 Å². The zero-order valence-electron chi connectivity index (χ0n) is 9.12. The van der Waals surface area contributed by atoms with Crippen molar-refractivity contribution in [3.8, 4) is 0 Å². The van der Waals surface area contributed by atoms with Gasteiger partial charge in [0.25, 0.3) is 0 Å². The molecule has 1 aromatic rings. The molecule has 0 atom stereocenters. The van der Waals surface area contributed by atoms with Gasteiger partial charge < -0.3 is 4.43 Å². The second-order valence-electron chi connectivity index (χ2n) is 3.42. The fraction of sp³-hybridized carbons (Fsp3) is 0.500. The molecule has 14 heavy (non-hydrogen) atoms. The van der Waals surface area contributed by atoms with Crippen LogP contribution in [0.25, 0.3) is 0 Å². The Hall–Kier alpha value is -0.603. The van der Waals surface area contributed by atoms with Crippen molar-refractivity contribution < 1.29 is 4.43 Å². The second kappa shape index (κ2) is 6.79. The molecular formula is C12H19OSi. The summed E-state index contributed by atoms with van der Waals surface area (Å²) >= 11 is 0. The molecule has 0 aliphatic rings. The number of hydrogen-bond acceptors (Lipinski definition) is 1. The van der Waals surface area contributed by atoms with Gasteiger partial charge in [-0.1, -0.05) is 50.6 Å². The Morgan fingerprint density at radius 3 is 2.43 bits per heavy atom. The van der Waals surface area contributed by atoms with Crippen LogP contribution in [0.1, 0.15) is 25.8 Å². The largest absolute Gasteiger partial charge is 0.412 e. The monoisotopic (exact) mass is 207 g/mol. The summed E-state index contributed by atoms with van der Waals surface area (Å²) in [5.41, 5.74) is 1.29. The van der Waals surface area contributed by atoms with Crippen molar-refractivity contribution in [2.24, 2.45) is 0 Å². The van der Waals surface area contributed by atoms with Crippen molar-refractivity contribution in [1.29, 1.82) is 0 Å². The first-order valence-electron chi connectivity index (χ1n) is 5.38. The van der Waals surface area contributed by atoms with Gasteiger partial charge in [-0.25, -0.2) is 0 Å². The van der Waals surface area contributed by atoms with Gasteiger partial charge in [-0.05, 0) is 17.7 Å². The average Bonchev–Trinajstić information content (AvgIpc) is 2.25. The van der Waals surface area contributed by atoms with E-state index in [9.17, 15) is 0 Å². The fourth-order valence-corrected chi connectivity index (χ4v) is 3.02. The molecule has 0 aromatic heterocycles. The number of hydrogen-bond donors (Lipinski definition) is 0. The lowest BCUT2D eigenvalue weighted by Crippen LogP contribution is -2.15. The third kappa shape index (κ3) is 4.07. The molecule has 1 aromatic carbocycles. The quantitative estimate of drug-likeness (QED) is 0.647. The lowest BCUT2D eigenvalue weighted by Gasteiger charge is -2.12. The van der Waals surface area contributed by atoms with Crippen molar-refractivity contribution in [3.05, 3.63) is 35.9 Å². The van der Waals surface area contributed by atoms with Crippen LogP contribution in [-0.2, 0) is 11.0 Å². The molecule has 0 aliphatic carbocycles. The molecule has 0 heterocycles. The summed E-state index contributed by atoms with van der Waals surface area (Å²) in [4.78, 5) is 0. The summed E-state index contributed by atoms with van der Waals surface area (Å²) in [5, 5.41) is 0. The van der Waals surface area contributed by atoms with Crippen LogP contribution in [0.3, 0.4) is 0 Å². The highest BCUT2D eigenvalue weighted by atomic mass is 28.3. The van der Waals surface area contributed by atoms with Gasteiger partial charge >= 0.3 is 0 Å². The third-order valence-electron chi connectivity index (χ3n) is 2.21. The predicted octanol–water partition coefficient (Wildman–Crippen LogP) is 3.62. The smallest absolute Gasteiger partial charge is 0.211 e. The van der Waals surface area contributed by atoms with Gasteiger partial charge in [0.2, 0.25) is 9.04 Å². The molecule has 0 aliphatic heterocycles. The highest BCUT2D eigenvalue weighted by Crippen LogP contribution is 2.08. The Bertz CT molecular complexity index is 235. The van der Waals surface area contributed by atoms with Crippen molar-refractivity contribution in [3.63, 3.8) is 0 Å². The predicted molar refractivity (Wildman–Crippen MR) is 62.6 cm³/mol. The minimum Gasteiger partial charge on any atom is -0.412 e. The van der Waals surface area contributed by atoms with Gasteiger partial charge in [0, 0.05) is 0 Å². The van der Waals surface area contributed by atoms with Crippen LogP contribution in [0.4, 0.5) is 0 Å². The van der Waals surface area contributed by atoms with Gasteiger partial charge in [-0.15, -0.1) is 0 Å². The summed E-state index contributed by atoms with van der Waals surface area (Å²) in [5.74, 6) is 0. The topological polar surface area (TPSA) is 9.23 Å². The van der Waals surface area contributed by atoms with E-state index in [1.54, 1.807) is 0 Å². The van der Waals surface area contributed by atoms with Gasteiger partial charge in [0.15, 0.2) is 0 Å². The van der Waals surface area contributed by atoms with E-state index >= 15 is 0 Å². The minimum absolute atomic E-state index is 0.532. The molecular weight excluding hydrogens is 188 g/mol. The van der Waals surface area contributed by atoms with E-state index in [4.69, 9.17) is 4.43 Å². The summed E-state index contributed by atoms with van der Waals surface area (Å²) in [6, 6.07) is 12.9. The molecule has 0 bridgehead atoms. The van der Waals surface area contributed by atoms with Crippen LogP contribution >= 0.6 is 0 Å². The summed E-state index contributed by atoms with van der Waals surface area (Å²) in [6.07, 6.45) is 1.25. The zero-order chi connectivity index (χ0) is 10.2. The third-order valence-corrected chi connectivity index (χ3v) is 4.61. The summed E-state index contributed by atoms with van der Waals surface area (Å²) in [7, 11) is -0.532. The molecule has 1 nitrogen and oxygen atoms in total. The standard InChI is InChI=1S/C12H19OSi/c1-3-10-14(4-2)13-11-12-8-6-5-7-9-12/h5-9H,3-4,10-11H2,1-2H3. The maximum Gasteiger partial charge on any atom is 0.211 e. The molecule has 0 fully saturated rings. The van der Waals surface area contributed by atoms with Crippen LogP contribution in [-0.4, -0.2) is 9.04 Å². The van der Waals surface area contributed by atoms with E-state index in [1.165, 1.54) is 24.1 Å².